The molecule has 23 heteroatoms. The summed E-state index contributed by atoms with van der Waals surface area (Å²) in [6.07, 6.45) is -27.6. The Hall–Kier alpha value is -9.62. The predicted octanol–water partition coefficient (Wildman–Crippen LogP) is 14.2. The molecule has 5 aliphatic heterocycles. The maximum atomic E-state index is 14.6. The first-order valence-corrected chi connectivity index (χ1v) is 41.3. The van der Waals surface area contributed by atoms with Crippen LogP contribution in [0.2, 0.25) is 0 Å². The standard InChI is InChI=1S/C98H104O23/c1-66(99)112-91-87(109-60-75-47-27-10-28-48-75)83(106-57-72-41-21-7-22-42-72)79(63-103-54-69-35-15-4-16-36-69)115-96(91)119-89-85-81(65-111-95(118-85)77-51-31-12-32-52-77)117-98(93(89)113-67(2)100)121-92-88(110-61-76-49-29-11-30-50-76)84(107-58-73-43-23-8-24-44-73)80(64-104-55-70-37-17-5-18-38-70)116-97(92)120-90-86(108-59-74-45-25-9-26-46-74)82(105-56-71-39-19-6-20-40-71)78(114-94(90)101)62-102-53-68-33-13-3-14-34-68/h3-52,78-98,101H,53-65H2,1-2H3/t78-,79-,80-,81-,82-,83-,84-,85-,86+,87+,88+,89+,90+,91+,92+,93+,94+,95?,96-,97-,98-/m1/s1. The maximum absolute atomic E-state index is 14.6. The van der Waals surface area contributed by atoms with Crippen molar-refractivity contribution in [3.63, 3.8) is 0 Å². The minimum Gasteiger partial charge on any atom is -0.454 e. The van der Waals surface area contributed by atoms with Gasteiger partial charge in [-0.25, -0.2) is 0 Å². The number of fused-ring (bicyclic) bond motifs is 1. The molecule has 121 heavy (non-hydrogen) atoms. The second-order valence-electron chi connectivity index (χ2n) is 30.4. The molecule has 10 aromatic rings. The molecule has 23 nitrogen and oxygen atoms in total. The summed E-state index contributed by atoms with van der Waals surface area (Å²) in [5.41, 5.74) is 8.25. The van der Waals surface area contributed by atoms with E-state index in [9.17, 15) is 14.7 Å². The number of esters is 2. The molecule has 1 N–H and O–H groups in total. The fourth-order valence-electron chi connectivity index (χ4n) is 15.6. The number of ether oxygens (including phenoxy) is 20. The van der Waals surface area contributed by atoms with E-state index in [0.717, 1.165) is 50.1 Å². The Labute approximate surface area is 705 Å². The van der Waals surface area contributed by atoms with Crippen LogP contribution in [-0.4, -0.2) is 166 Å². The molecule has 0 amide bonds. The van der Waals surface area contributed by atoms with E-state index in [0.29, 0.717) is 5.56 Å². The first-order chi connectivity index (χ1) is 59.5. The number of hydrogen-bond acceptors (Lipinski definition) is 23. The molecule has 0 bridgehead atoms. The van der Waals surface area contributed by atoms with E-state index in [-0.39, 0.29) is 85.9 Å². The third-order valence-electron chi connectivity index (χ3n) is 21.5. The minimum absolute atomic E-state index is 0.0193. The lowest BCUT2D eigenvalue weighted by atomic mass is 9.94. The zero-order valence-corrected chi connectivity index (χ0v) is 67.6. The molecule has 0 saturated carbocycles. The summed E-state index contributed by atoms with van der Waals surface area (Å²) in [6.45, 7) is 2.91. The summed E-state index contributed by atoms with van der Waals surface area (Å²) in [5.74, 6) is -1.49. The Morgan fingerprint density at radius 2 is 0.554 bits per heavy atom. The van der Waals surface area contributed by atoms with Crippen molar-refractivity contribution in [2.75, 3.05) is 26.4 Å². The molecule has 5 heterocycles. The van der Waals surface area contributed by atoms with E-state index in [4.69, 9.17) is 94.7 Å². The number of rotatable bonds is 39. The van der Waals surface area contributed by atoms with Crippen molar-refractivity contribution in [3.8, 4) is 0 Å². The van der Waals surface area contributed by atoms with Gasteiger partial charge in [0.1, 0.15) is 85.5 Å². The number of carbonyl (C=O) groups excluding carboxylic acids is 2. The van der Waals surface area contributed by atoms with Crippen molar-refractivity contribution in [2.24, 2.45) is 0 Å². The zero-order chi connectivity index (χ0) is 82.7. The van der Waals surface area contributed by atoms with Gasteiger partial charge in [-0.2, -0.15) is 0 Å². The summed E-state index contributed by atoms with van der Waals surface area (Å²) in [4.78, 5) is 28.7. The lowest BCUT2D eigenvalue weighted by Crippen LogP contribution is -2.70. The smallest absolute Gasteiger partial charge is 0.303 e. The minimum atomic E-state index is -1.79. The van der Waals surface area contributed by atoms with Gasteiger partial charge in [-0.3, -0.25) is 9.59 Å². The number of aliphatic hydroxyl groups excluding tert-OH is 1. The van der Waals surface area contributed by atoms with Crippen LogP contribution in [0.25, 0.3) is 0 Å². The molecule has 1 unspecified atom stereocenters. The van der Waals surface area contributed by atoms with Crippen LogP contribution in [0.3, 0.4) is 0 Å². The highest BCUT2D eigenvalue weighted by Crippen LogP contribution is 2.44. The van der Waals surface area contributed by atoms with Gasteiger partial charge in [0.2, 0.25) is 0 Å². The van der Waals surface area contributed by atoms with Crippen molar-refractivity contribution in [1.29, 1.82) is 0 Å². The van der Waals surface area contributed by atoms with E-state index < -0.39 is 141 Å². The summed E-state index contributed by atoms with van der Waals surface area (Å²) in [6, 6.07) is 96.3. The van der Waals surface area contributed by atoms with E-state index in [2.05, 4.69) is 0 Å². The van der Waals surface area contributed by atoms with Crippen LogP contribution in [0.1, 0.15) is 75.8 Å². The van der Waals surface area contributed by atoms with E-state index in [1.165, 1.54) is 13.8 Å². The van der Waals surface area contributed by atoms with Crippen LogP contribution in [-0.2, 0) is 164 Å². The van der Waals surface area contributed by atoms with Gasteiger partial charge in [0.15, 0.2) is 43.7 Å². The van der Waals surface area contributed by atoms with Gasteiger partial charge < -0.3 is 99.8 Å². The molecule has 0 aromatic heterocycles. The number of aliphatic hydroxyl groups is 1. The van der Waals surface area contributed by atoms with Crippen LogP contribution in [0.5, 0.6) is 0 Å². The fraction of sp³-hybridized carbons (Fsp3) is 0.367. The molecule has 0 aliphatic carbocycles. The number of carbonyl (C=O) groups is 2. The molecule has 634 valence electrons. The van der Waals surface area contributed by atoms with E-state index in [1.807, 2.05) is 303 Å². The van der Waals surface area contributed by atoms with Gasteiger partial charge in [-0.15, -0.1) is 0 Å². The monoisotopic (exact) mass is 1650 g/mol. The van der Waals surface area contributed by atoms with Crippen molar-refractivity contribution in [3.05, 3.63) is 359 Å². The van der Waals surface area contributed by atoms with Crippen molar-refractivity contribution in [1.82, 2.24) is 0 Å². The summed E-state index contributed by atoms with van der Waals surface area (Å²) >= 11 is 0. The van der Waals surface area contributed by atoms with Crippen LogP contribution < -0.4 is 0 Å². The predicted molar refractivity (Wildman–Crippen MR) is 441 cm³/mol. The van der Waals surface area contributed by atoms with Crippen LogP contribution >= 0.6 is 0 Å². The van der Waals surface area contributed by atoms with Gasteiger partial charge in [0, 0.05) is 19.4 Å². The lowest BCUT2D eigenvalue weighted by molar-refractivity contribution is -0.420. The highest BCUT2D eigenvalue weighted by atomic mass is 16.8. The Bertz CT molecular complexity index is 4640. The normalized spacial score (nSPS) is 27.8. The largest absolute Gasteiger partial charge is 0.454 e. The second kappa shape index (κ2) is 44.4. The number of hydrogen-bond donors (Lipinski definition) is 1. The van der Waals surface area contributed by atoms with Gasteiger partial charge >= 0.3 is 11.9 Å². The van der Waals surface area contributed by atoms with Gasteiger partial charge in [-0.05, 0) is 50.1 Å². The summed E-state index contributed by atoms with van der Waals surface area (Å²) in [5, 5.41) is 13.1. The van der Waals surface area contributed by atoms with Crippen LogP contribution in [0.4, 0.5) is 0 Å². The molecular formula is C98H104O23. The van der Waals surface area contributed by atoms with Gasteiger partial charge in [0.05, 0.1) is 85.9 Å². The molecular weight excluding hydrogens is 1550 g/mol. The molecule has 5 fully saturated rings. The molecule has 10 aromatic carbocycles. The molecule has 5 saturated heterocycles. The third kappa shape index (κ3) is 24.2. The highest BCUT2D eigenvalue weighted by Gasteiger charge is 2.61. The topological polar surface area (TPSA) is 239 Å². The van der Waals surface area contributed by atoms with Gasteiger partial charge in [0.25, 0.3) is 0 Å². The first kappa shape index (κ1) is 86.3. The number of benzene rings is 10. The van der Waals surface area contributed by atoms with Crippen LogP contribution in [0.15, 0.2) is 303 Å². The van der Waals surface area contributed by atoms with Crippen molar-refractivity contribution < 1.29 is 109 Å². The van der Waals surface area contributed by atoms with E-state index >= 15 is 0 Å². The Morgan fingerprint density at radius 1 is 0.289 bits per heavy atom. The molecule has 5 aliphatic rings. The quantitative estimate of drug-likeness (QED) is 0.0352. The summed E-state index contributed by atoms with van der Waals surface area (Å²) in [7, 11) is 0. The Kier molecular flexibility index (Phi) is 31.7. The lowest BCUT2D eigenvalue weighted by Gasteiger charge is -2.53. The molecule has 21 atom stereocenters. The van der Waals surface area contributed by atoms with E-state index in [1.54, 1.807) is 0 Å². The average molecular weight is 1650 g/mol. The molecule has 0 radical (unpaired) electrons. The van der Waals surface area contributed by atoms with Crippen molar-refractivity contribution >= 4 is 11.9 Å². The van der Waals surface area contributed by atoms with Crippen molar-refractivity contribution in [2.45, 2.75) is 202 Å². The maximum Gasteiger partial charge on any atom is 0.303 e. The fourth-order valence-corrected chi connectivity index (χ4v) is 15.6. The first-order valence-electron chi connectivity index (χ1n) is 41.3. The molecule has 0 spiro atoms. The highest BCUT2D eigenvalue weighted by molar-refractivity contribution is 5.66. The Morgan fingerprint density at radius 3 is 0.901 bits per heavy atom. The van der Waals surface area contributed by atoms with Crippen LogP contribution in [0, 0.1) is 0 Å². The van der Waals surface area contributed by atoms with Gasteiger partial charge in [-0.1, -0.05) is 303 Å². The Balaban J connectivity index is 0.855. The third-order valence-corrected chi connectivity index (χ3v) is 21.5. The zero-order valence-electron chi connectivity index (χ0n) is 67.6. The average Bonchev–Trinajstić information content (AvgIpc) is 0.744. The SMILES string of the molecule is CC(=O)O[C@@H]1[C@@H](O[C@@H]2[C@H](OC(C)=O)[C@@H](O[C@@H]3[C@@H](O[C@H]4[C@@H](OCc5ccccc5)[C@H](OCc5ccccc5)[C@@H](COCc5ccccc5)O[C@@H]4O)O[C@H](COCc4ccccc4)[C@@H](OCc4ccccc4)[C@@H]3OCc3ccccc3)O[C@@H]3COC(c4ccccc4)O[C@@H]23)O[C@H](COCc2ccccc2)[C@@H](OCc2ccccc2)[C@@H]1OCc1ccccc1. The second-order valence-corrected chi connectivity index (χ2v) is 30.4. The molecule has 15 rings (SSSR count). The summed E-state index contributed by atoms with van der Waals surface area (Å²) < 4.78 is 141.